The number of hydrogen-bond acceptors (Lipinski definition) is 3. The molecule has 98 valence electrons. The smallest absolute Gasteiger partial charge is 0.258 e. The number of anilines is 2. The largest absolute Gasteiger partial charge is 0.385 e. The van der Waals surface area contributed by atoms with E-state index in [0.717, 1.165) is 17.8 Å². The predicted octanol–water partition coefficient (Wildman–Crippen LogP) is 3.07. The van der Waals surface area contributed by atoms with Crippen molar-refractivity contribution in [1.29, 1.82) is 0 Å². The second kappa shape index (κ2) is 6.00. The number of rotatable bonds is 4. The number of hydrogen-bond donors (Lipinski definition) is 2. The van der Waals surface area contributed by atoms with E-state index in [2.05, 4.69) is 15.6 Å². The second-order valence-electron chi connectivity index (χ2n) is 4.25. The summed E-state index contributed by atoms with van der Waals surface area (Å²) >= 11 is 0. The molecule has 2 N–H and O–H groups in total. The molecule has 0 bridgehead atoms. The summed E-state index contributed by atoms with van der Waals surface area (Å²) in [6.45, 7) is 4.73. The van der Waals surface area contributed by atoms with Gasteiger partial charge in [-0.25, -0.2) is 4.98 Å². The third kappa shape index (κ3) is 3.31. The minimum atomic E-state index is -0.158. The van der Waals surface area contributed by atoms with Crippen LogP contribution in [0.2, 0.25) is 0 Å². The van der Waals surface area contributed by atoms with E-state index < -0.39 is 0 Å². The van der Waals surface area contributed by atoms with Gasteiger partial charge in [0.25, 0.3) is 5.91 Å². The third-order valence-electron chi connectivity index (χ3n) is 2.70. The highest BCUT2D eigenvalue weighted by Gasteiger charge is 2.11. The van der Waals surface area contributed by atoms with Gasteiger partial charge in [-0.3, -0.25) is 4.79 Å². The summed E-state index contributed by atoms with van der Waals surface area (Å²) in [6.07, 6.45) is 1.68. The van der Waals surface area contributed by atoms with Gasteiger partial charge in [-0.15, -0.1) is 0 Å². The number of carbonyl (C=O) groups excluding carboxylic acids is 1. The molecule has 4 heteroatoms. The van der Waals surface area contributed by atoms with Crippen LogP contribution in [0.5, 0.6) is 0 Å². The number of amides is 1. The van der Waals surface area contributed by atoms with Gasteiger partial charge in [0.05, 0.1) is 5.56 Å². The molecule has 0 fully saturated rings. The molecule has 0 aliphatic heterocycles. The van der Waals surface area contributed by atoms with E-state index in [-0.39, 0.29) is 5.91 Å². The van der Waals surface area contributed by atoms with Crippen LogP contribution in [0.15, 0.2) is 42.6 Å². The number of nitrogens with one attached hydrogen (secondary N) is 2. The highest BCUT2D eigenvalue weighted by Crippen LogP contribution is 2.16. The van der Waals surface area contributed by atoms with Gasteiger partial charge in [0.1, 0.15) is 5.82 Å². The Morgan fingerprint density at radius 3 is 2.79 bits per heavy atom. The quantitative estimate of drug-likeness (QED) is 0.882. The van der Waals surface area contributed by atoms with Crippen LogP contribution in [0.1, 0.15) is 22.8 Å². The minimum absolute atomic E-state index is 0.158. The summed E-state index contributed by atoms with van der Waals surface area (Å²) in [4.78, 5) is 16.4. The molecule has 0 saturated heterocycles. The van der Waals surface area contributed by atoms with Gasteiger partial charge in [0.2, 0.25) is 0 Å². The molecule has 0 aliphatic rings. The standard InChI is InChI=1S/C15H17N3O/c1-3-16-13-7-5-4-6-12(13)15(19)18-14-10-11(2)8-9-17-14/h4-10,16H,3H2,1-2H3,(H,17,18,19). The molecule has 0 spiro atoms. The fourth-order valence-electron chi connectivity index (χ4n) is 1.81. The van der Waals surface area contributed by atoms with Crippen molar-refractivity contribution < 1.29 is 4.79 Å². The lowest BCUT2D eigenvalue weighted by atomic mass is 10.1. The molecule has 1 aromatic heterocycles. The molecule has 0 atom stereocenters. The summed E-state index contributed by atoms with van der Waals surface area (Å²) in [7, 11) is 0. The van der Waals surface area contributed by atoms with Gasteiger partial charge >= 0.3 is 0 Å². The Balaban J connectivity index is 2.20. The molecular weight excluding hydrogens is 238 g/mol. The molecule has 0 saturated carbocycles. The van der Waals surface area contributed by atoms with Crippen LogP contribution < -0.4 is 10.6 Å². The maximum Gasteiger partial charge on any atom is 0.258 e. The highest BCUT2D eigenvalue weighted by atomic mass is 16.1. The van der Waals surface area contributed by atoms with Crippen molar-refractivity contribution in [3.8, 4) is 0 Å². The maximum atomic E-state index is 12.2. The van der Waals surface area contributed by atoms with E-state index in [0.29, 0.717) is 11.4 Å². The average Bonchev–Trinajstić information content (AvgIpc) is 2.39. The van der Waals surface area contributed by atoms with Gasteiger partial charge in [0.15, 0.2) is 0 Å². The van der Waals surface area contributed by atoms with Crippen molar-refractivity contribution in [1.82, 2.24) is 4.98 Å². The lowest BCUT2D eigenvalue weighted by molar-refractivity contribution is 0.102. The molecule has 1 heterocycles. The summed E-state index contributed by atoms with van der Waals surface area (Å²) in [5, 5.41) is 5.98. The summed E-state index contributed by atoms with van der Waals surface area (Å²) in [5.41, 5.74) is 2.51. The fraction of sp³-hybridized carbons (Fsp3) is 0.200. The Labute approximate surface area is 112 Å². The Kier molecular flexibility index (Phi) is 4.13. The van der Waals surface area contributed by atoms with Crippen molar-refractivity contribution in [3.63, 3.8) is 0 Å². The zero-order valence-corrected chi connectivity index (χ0v) is 11.1. The number of carbonyl (C=O) groups is 1. The molecule has 0 radical (unpaired) electrons. The monoisotopic (exact) mass is 255 g/mol. The molecule has 19 heavy (non-hydrogen) atoms. The van der Waals surface area contributed by atoms with E-state index in [9.17, 15) is 4.79 Å². The second-order valence-corrected chi connectivity index (χ2v) is 4.25. The lowest BCUT2D eigenvalue weighted by Gasteiger charge is -2.10. The van der Waals surface area contributed by atoms with Crippen LogP contribution in [-0.4, -0.2) is 17.4 Å². The summed E-state index contributed by atoms with van der Waals surface area (Å²) in [6, 6.07) is 11.2. The van der Waals surface area contributed by atoms with Crippen molar-refractivity contribution in [2.24, 2.45) is 0 Å². The zero-order valence-electron chi connectivity index (χ0n) is 11.1. The molecule has 2 rings (SSSR count). The molecule has 4 nitrogen and oxygen atoms in total. The van der Waals surface area contributed by atoms with Gasteiger partial charge in [-0.05, 0) is 43.7 Å². The Morgan fingerprint density at radius 2 is 2.05 bits per heavy atom. The number of aromatic nitrogens is 1. The SMILES string of the molecule is CCNc1ccccc1C(=O)Nc1cc(C)ccn1. The van der Waals surface area contributed by atoms with Crippen LogP contribution in [-0.2, 0) is 0 Å². The Morgan fingerprint density at radius 1 is 1.26 bits per heavy atom. The average molecular weight is 255 g/mol. The molecule has 1 aromatic carbocycles. The van der Waals surface area contributed by atoms with Crippen LogP contribution in [0.4, 0.5) is 11.5 Å². The van der Waals surface area contributed by atoms with Crippen LogP contribution >= 0.6 is 0 Å². The zero-order chi connectivity index (χ0) is 13.7. The van der Waals surface area contributed by atoms with Gasteiger partial charge in [-0.2, -0.15) is 0 Å². The number of para-hydroxylation sites is 1. The predicted molar refractivity (Wildman–Crippen MR) is 77.5 cm³/mol. The van der Waals surface area contributed by atoms with Crippen molar-refractivity contribution in [2.75, 3.05) is 17.2 Å². The van der Waals surface area contributed by atoms with Crippen molar-refractivity contribution in [3.05, 3.63) is 53.7 Å². The van der Waals surface area contributed by atoms with Crippen LogP contribution in [0.25, 0.3) is 0 Å². The first-order valence-corrected chi connectivity index (χ1v) is 6.27. The molecular formula is C15H17N3O. The first kappa shape index (κ1) is 13.1. The Bertz CT molecular complexity index is 581. The van der Waals surface area contributed by atoms with Gasteiger partial charge in [0, 0.05) is 18.4 Å². The minimum Gasteiger partial charge on any atom is -0.385 e. The van der Waals surface area contributed by atoms with Crippen LogP contribution in [0, 0.1) is 6.92 Å². The first-order chi connectivity index (χ1) is 9.20. The van der Waals surface area contributed by atoms with Gasteiger partial charge < -0.3 is 10.6 Å². The number of aryl methyl sites for hydroxylation is 1. The maximum absolute atomic E-state index is 12.2. The Hall–Kier alpha value is -2.36. The number of nitrogens with zero attached hydrogens (tertiary/aromatic N) is 1. The van der Waals surface area contributed by atoms with Crippen molar-refractivity contribution >= 4 is 17.4 Å². The van der Waals surface area contributed by atoms with E-state index in [4.69, 9.17) is 0 Å². The van der Waals surface area contributed by atoms with Crippen molar-refractivity contribution in [2.45, 2.75) is 13.8 Å². The summed E-state index contributed by atoms with van der Waals surface area (Å²) < 4.78 is 0. The number of pyridine rings is 1. The molecule has 2 aromatic rings. The molecule has 0 aliphatic carbocycles. The highest BCUT2D eigenvalue weighted by molar-refractivity contribution is 6.07. The van der Waals surface area contributed by atoms with E-state index in [1.165, 1.54) is 0 Å². The molecule has 0 unspecified atom stereocenters. The van der Waals surface area contributed by atoms with Gasteiger partial charge in [-0.1, -0.05) is 12.1 Å². The lowest BCUT2D eigenvalue weighted by Crippen LogP contribution is -2.15. The summed E-state index contributed by atoms with van der Waals surface area (Å²) in [5.74, 6) is 0.408. The fourth-order valence-corrected chi connectivity index (χ4v) is 1.81. The van der Waals surface area contributed by atoms with E-state index in [1.807, 2.05) is 44.2 Å². The normalized spacial score (nSPS) is 10.0. The number of benzene rings is 1. The molecule has 1 amide bonds. The van der Waals surface area contributed by atoms with E-state index >= 15 is 0 Å². The van der Waals surface area contributed by atoms with Crippen LogP contribution in [0.3, 0.4) is 0 Å². The van der Waals surface area contributed by atoms with E-state index in [1.54, 1.807) is 12.3 Å². The third-order valence-corrected chi connectivity index (χ3v) is 2.70. The topological polar surface area (TPSA) is 54.0 Å². The first-order valence-electron chi connectivity index (χ1n) is 6.27.